The van der Waals surface area contributed by atoms with Crippen LogP contribution < -0.4 is 0 Å². The Kier molecular flexibility index (Phi) is 2.89. The van der Waals surface area contributed by atoms with Gasteiger partial charge in [0.2, 0.25) is 0 Å². The van der Waals surface area contributed by atoms with Crippen LogP contribution >= 0.6 is 0 Å². The van der Waals surface area contributed by atoms with Gasteiger partial charge in [-0.3, -0.25) is 4.40 Å². The van der Waals surface area contributed by atoms with Crippen molar-refractivity contribution < 1.29 is 0 Å². The van der Waals surface area contributed by atoms with Crippen LogP contribution in [0.5, 0.6) is 0 Å². The second kappa shape index (κ2) is 4.48. The molecule has 0 radical (unpaired) electrons. The Morgan fingerprint density at radius 2 is 1.70 bits per heavy atom. The normalized spacial score (nSPS) is 12.0. The maximum absolute atomic E-state index is 4.53. The maximum atomic E-state index is 4.53. The topological polar surface area (TPSA) is 17.3 Å². The molecule has 0 saturated heterocycles. The molecular weight excluding hydrogens is 244 g/mol. The Labute approximate surface area is 120 Å². The number of aromatic nitrogens is 2. The standard InChI is InChI=1S/C18H20N2/c1-13-6-5-11-20-16(12-19-17(13)20)14-7-9-15(10-8-14)18(2,3)4/h5-12H,1-4H3. The van der Waals surface area contributed by atoms with Crippen molar-refractivity contribution in [2.45, 2.75) is 33.1 Å². The van der Waals surface area contributed by atoms with E-state index >= 15 is 0 Å². The smallest absolute Gasteiger partial charge is 0.140 e. The second-order valence-electron chi connectivity index (χ2n) is 6.36. The molecule has 0 saturated carbocycles. The summed E-state index contributed by atoms with van der Waals surface area (Å²) in [5, 5.41) is 0. The van der Waals surface area contributed by atoms with E-state index in [0.717, 1.165) is 11.3 Å². The molecule has 0 bridgehead atoms. The molecule has 0 N–H and O–H groups in total. The molecule has 2 heterocycles. The number of nitrogens with zero attached hydrogens (tertiary/aromatic N) is 2. The largest absolute Gasteiger partial charge is 0.299 e. The summed E-state index contributed by atoms with van der Waals surface area (Å²) >= 11 is 0. The van der Waals surface area contributed by atoms with Crippen LogP contribution in [0.3, 0.4) is 0 Å². The van der Waals surface area contributed by atoms with E-state index in [1.165, 1.54) is 16.7 Å². The monoisotopic (exact) mass is 264 g/mol. The van der Waals surface area contributed by atoms with Crippen molar-refractivity contribution in [1.82, 2.24) is 9.38 Å². The van der Waals surface area contributed by atoms with Crippen molar-refractivity contribution in [3.05, 3.63) is 59.9 Å². The summed E-state index contributed by atoms with van der Waals surface area (Å²) in [5.41, 5.74) is 6.12. The number of fused-ring (bicyclic) bond motifs is 1. The van der Waals surface area contributed by atoms with Crippen LogP contribution in [-0.4, -0.2) is 9.38 Å². The molecule has 20 heavy (non-hydrogen) atoms. The van der Waals surface area contributed by atoms with Crippen molar-refractivity contribution in [3.63, 3.8) is 0 Å². The van der Waals surface area contributed by atoms with E-state index in [2.05, 4.69) is 79.7 Å². The maximum Gasteiger partial charge on any atom is 0.140 e. The number of benzene rings is 1. The van der Waals surface area contributed by atoms with E-state index in [9.17, 15) is 0 Å². The number of imidazole rings is 1. The highest BCUT2D eigenvalue weighted by atomic mass is 15.0. The van der Waals surface area contributed by atoms with Crippen LogP contribution in [-0.2, 0) is 5.41 Å². The van der Waals surface area contributed by atoms with E-state index in [-0.39, 0.29) is 5.41 Å². The fourth-order valence-corrected chi connectivity index (χ4v) is 2.51. The average molecular weight is 264 g/mol. The summed E-state index contributed by atoms with van der Waals surface area (Å²) in [6.07, 6.45) is 4.02. The van der Waals surface area contributed by atoms with E-state index in [4.69, 9.17) is 0 Å². The van der Waals surface area contributed by atoms with E-state index < -0.39 is 0 Å². The molecule has 2 aromatic heterocycles. The first kappa shape index (κ1) is 12.9. The van der Waals surface area contributed by atoms with Gasteiger partial charge in [0.1, 0.15) is 5.65 Å². The SMILES string of the molecule is Cc1cccn2c(-c3ccc(C(C)(C)C)cc3)cnc12. The molecule has 0 aliphatic carbocycles. The lowest BCUT2D eigenvalue weighted by atomic mass is 9.86. The van der Waals surface area contributed by atoms with E-state index in [0.29, 0.717) is 0 Å². The van der Waals surface area contributed by atoms with E-state index in [1.54, 1.807) is 0 Å². The average Bonchev–Trinajstić information content (AvgIpc) is 2.83. The molecule has 102 valence electrons. The Hall–Kier alpha value is -2.09. The molecule has 0 amide bonds. The molecule has 0 aliphatic rings. The van der Waals surface area contributed by atoms with Gasteiger partial charge in [-0.05, 0) is 29.5 Å². The lowest BCUT2D eigenvalue weighted by Gasteiger charge is -2.19. The summed E-state index contributed by atoms with van der Waals surface area (Å²) in [5.74, 6) is 0. The summed E-state index contributed by atoms with van der Waals surface area (Å²) in [4.78, 5) is 4.53. The quantitative estimate of drug-likeness (QED) is 0.627. The number of hydrogen-bond donors (Lipinski definition) is 0. The molecule has 2 heteroatoms. The van der Waals surface area contributed by atoms with Gasteiger partial charge in [0.15, 0.2) is 0 Å². The van der Waals surface area contributed by atoms with Gasteiger partial charge in [0, 0.05) is 11.8 Å². The minimum Gasteiger partial charge on any atom is -0.299 e. The van der Waals surface area contributed by atoms with Gasteiger partial charge in [0.25, 0.3) is 0 Å². The van der Waals surface area contributed by atoms with Crippen molar-refractivity contribution >= 4 is 5.65 Å². The zero-order valence-electron chi connectivity index (χ0n) is 12.5. The fraction of sp³-hybridized carbons (Fsp3) is 0.278. The van der Waals surface area contributed by atoms with Gasteiger partial charge in [-0.2, -0.15) is 0 Å². The Bertz CT molecular complexity index is 743. The first-order chi connectivity index (χ1) is 9.47. The molecular formula is C18H20N2. The Morgan fingerprint density at radius 3 is 2.35 bits per heavy atom. The van der Waals surface area contributed by atoms with Gasteiger partial charge >= 0.3 is 0 Å². The molecule has 3 rings (SSSR count). The van der Waals surface area contributed by atoms with Gasteiger partial charge in [-0.25, -0.2) is 4.98 Å². The number of hydrogen-bond acceptors (Lipinski definition) is 1. The van der Waals surface area contributed by atoms with Crippen LogP contribution in [0.1, 0.15) is 31.9 Å². The number of aryl methyl sites for hydroxylation is 1. The molecule has 1 aromatic carbocycles. The highest BCUT2D eigenvalue weighted by Crippen LogP contribution is 2.27. The summed E-state index contributed by atoms with van der Waals surface area (Å²) in [6.45, 7) is 8.80. The third-order valence-electron chi connectivity index (χ3n) is 3.78. The zero-order valence-corrected chi connectivity index (χ0v) is 12.5. The molecule has 0 unspecified atom stereocenters. The third kappa shape index (κ3) is 2.11. The van der Waals surface area contributed by atoms with Gasteiger partial charge in [-0.1, -0.05) is 51.1 Å². The summed E-state index contributed by atoms with van der Waals surface area (Å²) < 4.78 is 2.15. The summed E-state index contributed by atoms with van der Waals surface area (Å²) in [7, 11) is 0. The van der Waals surface area contributed by atoms with Gasteiger partial charge in [0.05, 0.1) is 11.9 Å². The van der Waals surface area contributed by atoms with Crippen molar-refractivity contribution in [2.75, 3.05) is 0 Å². The highest BCUT2D eigenvalue weighted by Gasteiger charge is 2.14. The predicted molar refractivity (Wildman–Crippen MR) is 84.1 cm³/mol. The first-order valence-electron chi connectivity index (χ1n) is 7.00. The summed E-state index contributed by atoms with van der Waals surface area (Å²) in [6, 6.07) is 13.0. The molecule has 2 nitrogen and oxygen atoms in total. The van der Waals surface area contributed by atoms with Crippen LogP contribution in [0, 0.1) is 6.92 Å². The number of pyridine rings is 1. The minimum atomic E-state index is 0.189. The van der Waals surface area contributed by atoms with Gasteiger partial charge in [-0.15, -0.1) is 0 Å². The molecule has 0 fully saturated rings. The lowest BCUT2D eigenvalue weighted by molar-refractivity contribution is 0.590. The van der Waals surface area contributed by atoms with Crippen LogP contribution in [0.15, 0.2) is 48.8 Å². The van der Waals surface area contributed by atoms with Crippen molar-refractivity contribution in [2.24, 2.45) is 0 Å². The van der Waals surface area contributed by atoms with Gasteiger partial charge < -0.3 is 0 Å². The third-order valence-corrected chi connectivity index (χ3v) is 3.78. The predicted octanol–water partition coefficient (Wildman–Crippen LogP) is 4.61. The highest BCUT2D eigenvalue weighted by molar-refractivity contribution is 5.65. The minimum absolute atomic E-state index is 0.189. The molecule has 3 aromatic rings. The lowest BCUT2D eigenvalue weighted by Crippen LogP contribution is -2.10. The van der Waals surface area contributed by atoms with Crippen molar-refractivity contribution in [3.8, 4) is 11.3 Å². The molecule has 0 spiro atoms. The second-order valence-corrected chi connectivity index (χ2v) is 6.36. The first-order valence-corrected chi connectivity index (χ1v) is 7.00. The Morgan fingerprint density at radius 1 is 1.00 bits per heavy atom. The Balaban J connectivity index is 2.10. The van der Waals surface area contributed by atoms with Crippen LogP contribution in [0.25, 0.3) is 16.9 Å². The van der Waals surface area contributed by atoms with Crippen LogP contribution in [0.2, 0.25) is 0 Å². The van der Waals surface area contributed by atoms with E-state index in [1.807, 2.05) is 6.20 Å². The van der Waals surface area contributed by atoms with Crippen LogP contribution in [0.4, 0.5) is 0 Å². The number of rotatable bonds is 1. The van der Waals surface area contributed by atoms with Crippen molar-refractivity contribution in [1.29, 1.82) is 0 Å². The zero-order chi connectivity index (χ0) is 14.3. The molecule has 0 atom stereocenters. The molecule has 0 aliphatic heterocycles. The fourth-order valence-electron chi connectivity index (χ4n) is 2.51.